The minimum absolute atomic E-state index is 0.237. The van der Waals surface area contributed by atoms with Gasteiger partial charge >= 0.3 is 0 Å². The fourth-order valence-corrected chi connectivity index (χ4v) is 5.16. The van der Waals surface area contributed by atoms with Gasteiger partial charge in [0.25, 0.3) is 0 Å². The van der Waals surface area contributed by atoms with Gasteiger partial charge in [0, 0.05) is 46.3 Å². The number of rotatable bonds is 3. The summed E-state index contributed by atoms with van der Waals surface area (Å²) in [7, 11) is 2.21. The highest BCUT2D eigenvalue weighted by Gasteiger charge is 2.42. The zero-order chi connectivity index (χ0) is 18.8. The lowest BCUT2D eigenvalue weighted by atomic mass is 9.97. The minimum Gasteiger partial charge on any atom is -0.341 e. The number of aromatic nitrogens is 3. The number of likely N-dealkylation sites (N-methyl/N-ethyl adjacent to an activating group) is 1. The molecule has 1 fully saturated rings. The molecule has 1 saturated heterocycles. The molecule has 0 amide bonds. The van der Waals surface area contributed by atoms with Gasteiger partial charge in [-0.1, -0.05) is 11.6 Å². The average Bonchev–Trinajstić information content (AvgIpc) is 3.06. The lowest BCUT2D eigenvalue weighted by molar-refractivity contribution is 0.153. The van der Waals surface area contributed by atoms with Gasteiger partial charge in [-0.2, -0.15) is 0 Å². The highest BCUT2D eigenvalue weighted by atomic mass is 35.5. The topological polar surface area (TPSA) is 34.0 Å². The Hall–Kier alpha value is -1.98. The Morgan fingerprint density at radius 3 is 2.93 bits per heavy atom. The van der Waals surface area contributed by atoms with E-state index >= 15 is 4.39 Å². The molecule has 2 aromatic heterocycles. The molecule has 0 aliphatic carbocycles. The SMILES string of the molecule is CN1C2CCC1c1c(n(CC(C)(F)c3ccncn3)c3ccc(Cl)cc13)C2. The molecule has 3 aromatic rings. The number of fused-ring (bicyclic) bond motifs is 6. The van der Waals surface area contributed by atoms with Crippen molar-refractivity contribution in [3.8, 4) is 0 Å². The summed E-state index contributed by atoms with van der Waals surface area (Å²) in [6.45, 7) is 1.84. The molecule has 6 heteroatoms. The summed E-state index contributed by atoms with van der Waals surface area (Å²) in [4.78, 5) is 10.6. The molecule has 0 saturated carbocycles. The summed E-state index contributed by atoms with van der Waals surface area (Å²) in [5.41, 5.74) is 2.49. The number of benzene rings is 1. The Labute approximate surface area is 163 Å². The van der Waals surface area contributed by atoms with E-state index in [9.17, 15) is 0 Å². The van der Waals surface area contributed by atoms with E-state index in [0.717, 1.165) is 28.8 Å². The van der Waals surface area contributed by atoms with E-state index in [1.807, 2.05) is 18.2 Å². The zero-order valence-electron chi connectivity index (χ0n) is 15.5. The molecular weight excluding hydrogens is 363 g/mol. The summed E-state index contributed by atoms with van der Waals surface area (Å²) >= 11 is 6.32. The van der Waals surface area contributed by atoms with Crippen molar-refractivity contribution in [3.05, 3.63) is 58.8 Å². The average molecular weight is 385 g/mol. The van der Waals surface area contributed by atoms with Gasteiger partial charge in [-0.05, 0) is 56.6 Å². The van der Waals surface area contributed by atoms with Crippen LogP contribution in [0, 0.1) is 0 Å². The van der Waals surface area contributed by atoms with Crippen molar-refractivity contribution in [1.29, 1.82) is 0 Å². The quantitative estimate of drug-likeness (QED) is 0.658. The van der Waals surface area contributed by atoms with E-state index in [1.54, 1.807) is 19.2 Å². The number of alkyl halides is 1. The smallest absolute Gasteiger partial charge is 0.167 e. The predicted molar refractivity (Wildman–Crippen MR) is 105 cm³/mol. The highest BCUT2D eigenvalue weighted by molar-refractivity contribution is 6.31. The molecule has 2 aliphatic rings. The molecule has 0 radical (unpaired) electrons. The normalized spacial score (nSPS) is 24.1. The Bertz CT molecular complexity index is 1010. The molecular formula is C21H22ClFN4. The first kappa shape index (κ1) is 17.1. The summed E-state index contributed by atoms with van der Waals surface area (Å²) in [6.07, 6.45) is 6.30. The van der Waals surface area contributed by atoms with Gasteiger partial charge in [0.05, 0.1) is 12.2 Å². The lowest BCUT2D eigenvalue weighted by Gasteiger charge is -2.33. The predicted octanol–water partition coefficient (Wildman–Crippen LogP) is 4.66. The van der Waals surface area contributed by atoms with Gasteiger partial charge in [-0.3, -0.25) is 4.90 Å². The van der Waals surface area contributed by atoms with Crippen molar-refractivity contribution >= 4 is 22.5 Å². The van der Waals surface area contributed by atoms with Gasteiger partial charge in [0.15, 0.2) is 5.67 Å². The molecule has 0 spiro atoms. The molecule has 4 nitrogen and oxygen atoms in total. The summed E-state index contributed by atoms with van der Waals surface area (Å²) in [5.74, 6) is 0. The van der Waals surface area contributed by atoms with Crippen LogP contribution in [-0.2, 0) is 18.6 Å². The molecule has 3 atom stereocenters. The van der Waals surface area contributed by atoms with Crippen molar-refractivity contribution in [2.24, 2.45) is 0 Å². The monoisotopic (exact) mass is 384 g/mol. The van der Waals surface area contributed by atoms with Crippen LogP contribution in [-0.4, -0.2) is 32.5 Å². The standard InChI is InChI=1S/C21H22ClFN4/c1-21(23,19-7-8-24-12-25-19)11-27-16-5-3-13(22)9-15(16)20-17-6-4-14(26(17)2)10-18(20)27/h3,5,7-9,12,14,17H,4,6,10-11H2,1-2H3. The number of halogens is 2. The van der Waals surface area contributed by atoms with E-state index in [2.05, 4.69) is 26.5 Å². The lowest BCUT2D eigenvalue weighted by Crippen LogP contribution is -2.35. The first-order valence-electron chi connectivity index (χ1n) is 9.43. The fraction of sp³-hybridized carbons (Fsp3) is 0.429. The van der Waals surface area contributed by atoms with Crippen LogP contribution in [0.5, 0.6) is 0 Å². The molecule has 0 N–H and O–H groups in total. The van der Waals surface area contributed by atoms with Gasteiger partial charge in [0.1, 0.15) is 6.33 Å². The molecule has 1 aromatic carbocycles. The minimum atomic E-state index is -1.58. The van der Waals surface area contributed by atoms with Crippen LogP contribution in [0.15, 0.2) is 36.8 Å². The van der Waals surface area contributed by atoms with E-state index in [4.69, 9.17) is 11.6 Å². The molecule has 3 unspecified atom stereocenters. The molecule has 4 heterocycles. The number of hydrogen-bond donors (Lipinski definition) is 0. The third-order valence-corrected chi connectivity index (χ3v) is 6.59. The second kappa shape index (κ2) is 6.01. The van der Waals surface area contributed by atoms with Crippen LogP contribution >= 0.6 is 11.6 Å². The Kier molecular flexibility index (Phi) is 3.82. The highest BCUT2D eigenvalue weighted by Crippen LogP contribution is 2.47. The number of hydrogen-bond acceptors (Lipinski definition) is 3. The van der Waals surface area contributed by atoms with E-state index in [1.165, 1.54) is 24.0 Å². The Morgan fingerprint density at radius 1 is 1.30 bits per heavy atom. The van der Waals surface area contributed by atoms with Gasteiger partial charge < -0.3 is 4.57 Å². The van der Waals surface area contributed by atoms with E-state index in [-0.39, 0.29) is 6.54 Å². The Morgan fingerprint density at radius 2 is 2.15 bits per heavy atom. The van der Waals surface area contributed by atoms with E-state index in [0.29, 0.717) is 17.8 Å². The number of nitrogens with zero attached hydrogens (tertiary/aromatic N) is 4. The first-order valence-corrected chi connectivity index (χ1v) is 9.81. The van der Waals surface area contributed by atoms with Crippen LogP contribution in [0.25, 0.3) is 10.9 Å². The fourth-order valence-electron chi connectivity index (χ4n) is 4.98. The van der Waals surface area contributed by atoms with Crippen molar-refractivity contribution in [1.82, 2.24) is 19.4 Å². The second-order valence-corrected chi connectivity index (χ2v) is 8.45. The molecule has 5 rings (SSSR count). The zero-order valence-corrected chi connectivity index (χ0v) is 16.2. The molecule has 27 heavy (non-hydrogen) atoms. The van der Waals surface area contributed by atoms with Gasteiger partial charge in [0.2, 0.25) is 0 Å². The van der Waals surface area contributed by atoms with Crippen molar-refractivity contribution < 1.29 is 4.39 Å². The summed E-state index contributed by atoms with van der Waals surface area (Å²) in [6, 6.07) is 8.55. The van der Waals surface area contributed by atoms with Gasteiger partial charge in [-0.25, -0.2) is 14.4 Å². The summed E-state index contributed by atoms with van der Waals surface area (Å²) < 4.78 is 17.9. The first-order chi connectivity index (χ1) is 13.0. The van der Waals surface area contributed by atoms with Gasteiger partial charge in [-0.15, -0.1) is 0 Å². The largest absolute Gasteiger partial charge is 0.341 e. The summed E-state index contributed by atoms with van der Waals surface area (Å²) in [5, 5.41) is 1.89. The second-order valence-electron chi connectivity index (χ2n) is 8.02. The third-order valence-electron chi connectivity index (χ3n) is 6.35. The van der Waals surface area contributed by atoms with Crippen molar-refractivity contribution in [3.63, 3.8) is 0 Å². The van der Waals surface area contributed by atoms with Crippen LogP contribution < -0.4 is 0 Å². The third kappa shape index (κ3) is 2.59. The maximum absolute atomic E-state index is 15.7. The van der Waals surface area contributed by atoms with Crippen LogP contribution in [0.2, 0.25) is 5.02 Å². The van der Waals surface area contributed by atoms with E-state index < -0.39 is 5.67 Å². The maximum atomic E-state index is 15.7. The molecule has 2 bridgehead atoms. The van der Waals surface area contributed by atoms with Crippen LogP contribution in [0.4, 0.5) is 4.39 Å². The maximum Gasteiger partial charge on any atom is 0.167 e. The van der Waals surface area contributed by atoms with Crippen molar-refractivity contribution in [2.45, 2.75) is 50.5 Å². The molecule has 2 aliphatic heterocycles. The van der Waals surface area contributed by atoms with Crippen LogP contribution in [0.3, 0.4) is 0 Å². The van der Waals surface area contributed by atoms with Crippen LogP contribution in [0.1, 0.15) is 42.8 Å². The van der Waals surface area contributed by atoms with Crippen molar-refractivity contribution in [2.75, 3.05) is 7.05 Å². The molecule has 140 valence electrons. The Balaban J connectivity index is 1.69.